The van der Waals surface area contributed by atoms with E-state index in [1.807, 2.05) is 30.5 Å². The highest BCUT2D eigenvalue weighted by atomic mass is 127. The highest BCUT2D eigenvalue weighted by Gasteiger charge is 2.07. The lowest BCUT2D eigenvalue weighted by Gasteiger charge is -2.13. The Bertz CT molecular complexity index is 955. The number of guanidine groups is 1. The van der Waals surface area contributed by atoms with Crippen LogP contribution in [0.3, 0.4) is 0 Å². The topological polar surface area (TPSA) is 72.2 Å². The summed E-state index contributed by atoms with van der Waals surface area (Å²) in [5.41, 5.74) is 4.07. The van der Waals surface area contributed by atoms with Crippen molar-refractivity contribution in [3.8, 4) is 11.5 Å². The summed E-state index contributed by atoms with van der Waals surface area (Å²) in [7, 11) is 4.97. The number of hydrogen-bond donors (Lipinski definition) is 2. The number of aliphatic imine (C=N–C) groups is 1. The summed E-state index contributed by atoms with van der Waals surface area (Å²) in [6, 6.07) is 9.74. The molecule has 8 heteroatoms. The Hall–Kier alpha value is -2.49. The molecule has 0 amide bonds. The molecule has 2 heterocycles. The largest absolute Gasteiger partial charge is 0.493 e. The first kappa shape index (κ1) is 21.8. The molecule has 0 fully saturated rings. The molecule has 1 aromatic carbocycles. The number of ether oxygens (including phenoxy) is 2. The van der Waals surface area contributed by atoms with Crippen molar-refractivity contribution < 1.29 is 9.47 Å². The SMILES string of the molecule is CN=C(NCCc1cn2cccc(C)c2n1)Nc1ccc(OC)c(OC)c1.I. The van der Waals surface area contributed by atoms with Gasteiger partial charge in [-0.25, -0.2) is 4.98 Å². The number of benzene rings is 1. The predicted octanol–water partition coefficient (Wildman–Crippen LogP) is 3.51. The summed E-state index contributed by atoms with van der Waals surface area (Å²) < 4.78 is 12.7. The molecule has 7 nitrogen and oxygen atoms in total. The molecule has 0 aliphatic carbocycles. The van der Waals surface area contributed by atoms with Gasteiger partial charge in [-0.1, -0.05) is 6.07 Å². The zero-order valence-corrected chi connectivity index (χ0v) is 18.9. The molecule has 0 aliphatic heterocycles. The van der Waals surface area contributed by atoms with E-state index in [4.69, 9.17) is 14.5 Å². The number of hydrogen-bond acceptors (Lipinski definition) is 4. The van der Waals surface area contributed by atoms with E-state index in [0.29, 0.717) is 17.5 Å². The lowest BCUT2D eigenvalue weighted by atomic mass is 10.2. The van der Waals surface area contributed by atoms with Crippen molar-refractivity contribution in [2.45, 2.75) is 13.3 Å². The maximum Gasteiger partial charge on any atom is 0.195 e. The number of halogens is 1. The minimum atomic E-state index is 0. The molecule has 0 bridgehead atoms. The van der Waals surface area contributed by atoms with Gasteiger partial charge in [-0.2, -0.15) is 0 Å². The lowest BCUT2D eigenvalue weighted by molar-refractivity contribution is 0.355. The fraction of sp³-hybridized carbons (Fsp3) is 0.300. The van der Waals surface area contributed by atoms with E-state index in [-0.39, 0.29) is 24.0 Å². The van der Waals surface area contributed by atoms with Crippen molar-refractivity contribution in [2.24, 2.45) is 4.99 Å². The first-order valence-electron chi connectivity index (χ1n) is 8.77. The molecule has 2 aromatic heterocycles. The number of nitrogens with zero attached hydrogens (tertiary/aromatic N) is 3. The number of methoxy groups -OCH3 is 2. The van der Waals surface area contributed by atoms with Crippen LogP contribution in [0, 0.1) is 6.92 Å². The Labute approximate surface area is 182 Å². The van der Waals surface area contributed by atoms with Crippen LogP contribution in [-0.2, 0) is 6.42 Å². The van der Waals surface area contributed by atoms with Crippen LogP contribution in [0.2, 0.25) is 0 Å². The summed E-state index contributed by atoms with van der Waals surface area (Å²) in [6.07, 6.45) is 4.88. The third-order valence-corrected chi connectivity index (χ3v) is 4.27. The van der Waals surface area contributed by atoms with E-state index in [2.05, 4.69) is 39.2 Å². The summed E-state index contributed by atoms with van der Waals surface area (Å²) in [4.78, 5) is 8.96. The zero-order valence-electron chi connectivity index (χ0n) is 16.5. The normalized spacial score (nSPS) is 11.1. The van der Waals surface area contributed by atoms with Gasteiger partial charge in [0.05, 0.1) is 19.9 Å². The highest BCUT2D eigenvalue weighted by Crippen LogP contribution is 2.29. The van der Waals surface area contributed by atoms with E-state index in [0.717, 1.165) is 30.0 Å². The Kier molecular flexibility index (Phi) is 7.91. The number of pyridine rings is 1. The molecule has 0 unspecified atom stereocenters. The minimum Gasteiger partial charge on any atom is -0.493 e. The fourth-order valence-corrected chi connectivity index (χ4v) is 2.86. The Balaban J connectivity index is 0.00000280. The molecule has 0 radical (unpaired) electrons. The number of aryl methyl sites for hydroxylation is 1. The average Bonchev–Trinajstić information content (AvgIpc) is 3.11. The van der Waals surface area contributed by atoms with Gasteiger partial charge in [0.1, 0.15) is 5.65 Å². The number of anilines is 1. The van der Waals surface area contributed by atoms with Crippen molar-refractivity contribution >= 4 is 41.3 Å². The third kappa shape index (κ3) is 5.06. The second-order valence-electron chi connectivity index (χ2n) is 6.10. The van der Waals surface area contributed by atoms with E-state index in [9.17, 15) is 0 Å². The maximum absolute atomic E-state index is 5.33. The van der Waals surface area contributed by atoms with Crippen molar-refractivity contribution in [3.05, 3.63) is 54.0 Å². The number of nitrogens with one attached hydrogen (secondary N) is 2. The van der Waals surface area contributed by atoms with Crippen LogP contribution in [0.15, 0.2) is 47.7 Å². The average molecular weight is 495 g/mol. The van der Waals surface area contributed by atoms with Gasteiger partial charge in [-0.3, -0.25) is 4.99 Å². The summed E-state index contributed by atoms with van der Waals surface area (Å²) >= 11 is 0. The number of fused-ring (bicyclic) bond motifs is 1. The van der Waals surface area contributed by atoms with Gasteiger partial charge in [0.15, 0.2) is 17.5 Å². The number of aromatic nitrogens is 2. The molecule has 2 N–H and O–H groups in total. The number of imidazole rings is 1. The van der Waals surface area contributed by atoms with Gasteiger partial charge in [-0.15, -0.1) is 24.0 Å². The standard InChI is InChI=1S/C20H25N5O2.HI/c1-14-6-5-11-25-13-16(23-19(14)25)9-10-22-20(21-2)24-15-7-8-17(26-3)18(12-15)27-4;/h5-8,11-13H,9-10H2,1-4H3,(H2,21,22,24);1H. The second kappa shape index (κ2) is 10.2. The van der Waals surface area contributed by atoms with Crippen LogP contribution in [0.25, 0.3) is 5.65 Å². The molecule has 0 atom stereocenters. The zero-order chi connectivity index (χ0) is 19.2. The number of rotatable bonds is 6. The lowest BCUT2D eigenvalue weighted by Crippen LogP contribution is -2.32. The Morgan fingerprint density at radius 1 is 1.18 bits per heavy atom. The van der Waals surface area contributed by atoms with Crippen molar-refractivity contribution in [1.82, 2.24) is 14.7 Å². The van der Waals surface area contributed by atoms with Crippen molar-refractivity contribution in [2.75, 3.05) is 33.1 Å². The third-order valence-electron chi connectivity index (χ3n) is 4.27. The molecule has 0 saturated heterocycles. The fourth-order valence-electron chi connectivity index (χ4n) is 2.86. The maximum atomic E-state index is 5.33. The molecule has 28 heavy (non-hydrogen) atoms. The predicted molar refractivity (Wildman–Crippen MR) is 124 cm³/mol. The van der Waals surface area contributed by atoms with Crippen molar-refractivity contribution in [3.63, 3.8) is 0 Å². The van der Waals surface area contributed by atoms with Crippen LogP contribution in [0.4, 0.5) is 5.69 Å². The molecule has 0 saturated carbocycles. The van der Waals surface area contributed by atoms with Crippen LogP contribution >= 0.6 is 24.0 Å². The smallest absolute Gasteiger partial charge is 0.195 e. The van der Waals surface area contributed by atoms with Gasteiger partial charge < -0.3 is 24.5 Å². The summed E-state index contributed by atoms with van der Waals surface area (Å²) in [5, 5.41) is 6.56. The van der Waals surface area contributed by atoms with E-state index in [1.165, 1.54) is 5.56 Å². The monoisotopic (exact) mass is 495 g/mol. The Morgan fingerprint density at radius 2 is 1.96 bits per heavy atom. The first-order chi connectivity index (χ1) is 13.1. The van der Waals surface area contributed by atoms with Crippen LogP contribution in [-0.4, -0.2) is 43.2 Å². The molecule has 3 aromatic rings. The van der Waals surface area contributed by atoms with Crippen molar-refractivity contribution in [1.29, 1.82) is 0 Å². The molecular formula is C20H26IN5O2. The molecule has 0 spiro atoms. The second-order valence-corrected chi connectivity index (χ2v) is 6.10. The summed E-state index contributed by atoms with van der Waals surface area (Å²) in [6.45, 7) is 2.79. The quantitative estimate of drug-likeness (QED) is 0.311. The molecule has 150 valence electrons. The van der Waals surface area contributed by atoms with E-state index in [1.54, 1.807) is 21.3 Å². The first-order valence-corrected chi connectivity index (χ1v) is 8.77. The summed E-state index contributed by atoms with van der Waals surface area (Å²) in [5.74, 6) is 2.04. The molecular weight excluding hydrogens is 469 g/mol. The van der Waals surface area contributed by atoms with E-state index >= 15 is 0 Å². The minimum absolute atomic E-state index is 0. The van der Waals surface area contributed by atoms with E-state index < -0.39 is 0 Å². The van der Waals surface area contributed by atoms with Crippen LogP contribution in [0.5, 0.6) is 11.5 Å². The van der Waals surface area contributed by atoms with Gasteiger partial charge >= 0.3 is 0 Å². The van der Waals surface area contributed by atoms with Gasteiger partial charge in [-0.05, 0) is 30.7 Å². The Morgan fingerprint density at radius 3 is 2.64 bits per heavy atom. The van der Waals surface area contributed by atoms with Crippen LogP contribution in [0.1, 0.15) is 11.3 Å². The van der Waals surface area contributed by atoms with Gasteiger partial charge in [0, 0.05) is 44.2 Å². The van der Waals surface area contributed by atoms with Crippen LogP contribution < -0.4 is 20.1 Å². The molecule has 3 rings (SSSR count). The highest BCUT2D eigenvalue weighted by molar-refractivity contribution is 14.0. The van der Waals surface area contributed by atoms with Gasteiger partial charge in [0.25, 0.3) is 0 Å². The molecule has 0 aliphatic rings. The van der Waals surface area contributed by atoms with Gasteiger partial charge in [0.2, 0.25) is 0 Å².